The number of aliphatic hydroxyl groups is 1. The van der Waals surface area contributed by atoms with E-state index < -0.39 is 0 Å². The molecule has 7 nitrogen and oxygen atoms in total. The molecule has 0 radical (unpaired) electrons. The molecule has 2 saturated carbocycles. The van der Waals surface area contributed by atoms with Gasteiger partial charge in [-0.1, -0.05) is 68.7 Å². The first kappa shape index (κ1) is 25.5. The smallest absolute Gasteiger partial charge is 0.276 e. The molecule has 196 valence electrons. The van der Waals surface area contributed by atoms with Crippen molar-refractivity contribution in [3.05, 3.63) is 59.5 Å². The molecule has 0 unspecified atom stereocenters. The molecule has 1 aromatic heterocycles. The van der Waals surface area contributed by atoms with Crippen LogP contribution >= 0.6 is 0 Å². The number of hydrogen-bond acceptors (Lipinski definition) is 6. The number of hydrogen-bond donors (Lipinski definition) is 2. The second-order valence-corrected chi connectivity index (χ2v) is 10.5. The number of unbranched alkanes of at least 4 members (excludes halogenated alkanes) is 1. The van der Waals surface area contributed by atoms with Gasteiger partial charge in [-0.15, -0.1) is 0 Å². The average Bonchev–Trinajstić information content (AvgIpc) is 3.65. The van der Waals surface area contributed by atoms with Crippen LogP contribution in [0.25, 0.3) is 10.8 Å². The predicted octanol–water partition coefficient (Wildman–Crippen LogP) is 5.17. The molecule has 2 N–H and O–H groups in total. The van der Waals surface area contributed by atoms with Crippen LogP contribution in [0.15, 0.2) is 42.5 Å². The monoisotopic (exact) mass is 503 g/mol. The molecule has 2 aromatic carbocycles. The summed E-state index contributed by atoms with van der Waals surface area (Å²) in [7, 11) is 0. The maximum Gasteiger partial charge on any atom is 0.276 e. The third kappa shape index (κ3) is 5.28. The number of benzene rings is 2. The van der Waals surface area contributed by atoms with E-state index in [2.05, 4.69) is 54.4 Å². The summed E-state index contributed by atoms with van der Waals surface area (Å²) in [5.74, 6) is -0.0856. The minimum Gasteiger partial charge on any atom is -0.491 e. The number of rotatable bonds is 11. The van der Waals surface area contributed by atoms with E-state index in [1.807, 2.05) is 0 Å². The fourth-order valence-electron chi connectivity index (χ4n) is 5.82. The Bertz CT molecular complexity index is 1250. The van der Waals surface area contributed by atoms with Crippen LogP contribution in [0.3, 0.4) is 0 Å². The van der Waals surface area contributed by atoms with Crippen molar-refractivity contribution < 1.29 is 19.7 Å². The van der Waals surface area contributed by atoms with Crippen molar-refractivity contribution in [3.63, 3.8) is 0 Å². The third-order valence-corrected chi connectivity index (χ3v) is 7.85. The molecule has 0 spiro atoms. The van der Waals surface area contributed by atoms with E-state index in [1.165, 1.54) is 16.3 Å². The van der Waals surface area contributed by atoms with Gasteiger partial charge >= 0.3 is 0 Å². The Hall–Kier alpha value is -3.19. The van der Waals surface area contributed by atoms with E-state index in [1.54, 1.807) is 4.90 Å². The highest BCUT2D eigenvalue weighted by molar-refractivity contribution is 5.96. The standard InChI is InChI=1S/C30H37N3O4/c1-2-3-19-37-27-26(29(36)33(17-18-34)22-13-14-22)31-25(32-28(27)35)20-30(15-6-7-16-30)24-12-8-10-21-9-4-5-11-23(21)24/h4-5,8-12,22,34H,2-3,6-7,13-20H2,1H3,(H,31,32,35). The summed E-state index contributed by atoms with van der Waals surface area (Å²) in [4.78, 5) is 24.6. The van der Waals surface area contributed by atoms with E-state index in [0.717, 1.165) is 51.4 Å². The number of amides is 1. The lowest BCUT2D eigenvalue weighted by Crippen LogP contribution is -2.36. The van der Waals surface area contributed by atoms with Crippen molar-refractivity contribution >= 4 is 16.7 Å². The first-order valence-corrected chi connectivity index (χ1v) is 13.7. The number of aromatic hydroxyl groups is 1. The zero-order valence-corrected chi connectivity index (χ0v) is 21.7. The summed E-state index contributed by atoms with van der Waals surface area (Å²) in [6.45, 7) is 2.54. The van der Waals surface area contributed by atoms with Gasteiger partial charge in [0, 0.05) is 24.4 Å². The van der Waals surface area contributed by atoms with Gasteiger partial charge in [-0.05, 0) is 48.4 Å². The molecule has 1 amide bonds. The van der Waals surface area contributed by atoms with E-state index >= 15 is 0 Å². The zero-order valence-electron chi connectivity index (χ0n) is 21.7. The summed E-state index contributed by atoms with van der Waals surface area (Å²) in [6, 6.07) is 15.0. The highest BCUT2D eigenvalue weighted by atomic mass is 16.5. The molecule has 0 bridgehead atoms. The maximum absolute atomic E-state index is 13.7. The van der Waals surface area contributed by atoms with Gasteiger partial charge in [-0.2, -0.15) is 4.98 Å². The molecule has 37 heavy (non-hydrogen) atoms. The second kappa shape index (κ2) is 11.1. The van der Waals surface area contributed by atoms with Gasteiger partial charge in [-0.3, -0.25) is 4.79 Å². The normalized spacial score (nSPS) is 16.7. The van der Waals surface area contributed by atoms with E-state index in [9.17, 15) is 15.0 Å². The fourth-order valence-corrected chi connectivity index (χ4v) is 5.82. The van der Waals surface area contributed by atoms with Gasteiger partial charge in [0.05, 0.1) is 13.2 Å². The molecular weight excluding hydrogens is 466 g/mol. The van der Waals surface area contributed by atoms with Crippen molar-refractivity contribution in [1.29, 1.82) is 0 Å². The molecule has 2 fully saturated rings. The van der Waals surface area contributed by atoms with Crippen LogP contribution < -0.4 is 4.74 Å². The van der Waals surface area contributed by atoms with Gasteiger partial charge in [0.25, 0.3) is 11.8 Å². The number of carbonyl (C=O) groups is 1. The molecule has 0 saturated heterocycles. The van der Waals surface area contributed by atoms with Crippen molar-refractivity contribution in [1.82, 2.24) is 14.9 Å². The maximum atomic E-state index is 13.7. The van der Waals surface area contributed by atoms with Crippen LogP contribution in [0.5, 0.6) is 11.6 Å². The minimum atomic E-state index is -0.312. The van der Waals surface area contributed by atoms with E-state index in [0.29, 0.717) is 18.9 Å². The largest absolute Gasteiger partial charge is 0.491 e. The molecule has 3 aromatic rings. The van der Waals surface area contributed by atoms with Crippen LogP contribution in [0.1, 0.15) is 80.2 Å². The lowest BCUT2D eigenvalue weighted by Gasteiger charge is -2.31. The van der Waals surface area contributed by atoms with Gasteiger partial charge in [0.1, 0.15) is 5.82 Å². The Morgan fingerprint density at radius 1 is 1.11 bits per heavy atom. The zero-order chi connectivity index (χ0) is 25.8. The number of aliphatic hydroxyl groups excluding tert-OH is 1. The summed E-state index contributed by atoms with van der Waals surface area (Å²) in [5, 5.41) is 23.0. The van der Waals surface area contributed by atoms with Crippen molar-refractivity contribution in [2.45, 2.75) is 76.2 Å². The molecule has 0 aliphatic heterocycles. The summed E-state index contributed by atoms with van der Waals surface area (Å²) in [6.07, 6.45) is 8.31. The van der Waals surface area contributed by atoms with Crippen LogP contribution in [-0.2, 0) is 11.8 Å². The highest BCUT2D eigenvalue weighted by Gasteiger charge is 2.40. The number of fused-ring (bicyclic) bond motifs is 1. The Morgan fingerprint density at radius 2 is 1.86 bits per heavy atom. The van der Waals surface area contributed by atoms with Gasteiger partial charge < -0.3 is 19.8 Å². The summed E-state index contributed by atoms with van der Waals surface area (Å²) in [5.41, 5.74) is 1.21. The van der Waals surface area contributed by atoms with Gasteiger partial charge in [0.2, 0.25) is 5.75 Å². The summed E-state index contributed by atoms with van der Waals surface area (Å²) >= 11 is 0. The number of carbonyl (C=O) groups excluding carboxylic acids is 1. The van der Waals surface area contributed by atoms with Crippen LogP contribution in [0.2, 0.25) is 0 Å². The highest BCUT2D eigenvalue weighted by Crippen LogP contribution is 2.46. The molecule has 1 heterocycles. The first-order chi connectivity index (χ1) is 18.1. The number of aromatic nitrogens is 2. The van der Waals surface area contributed by atoms with Crippen molar-refractivity contribution in [2.24, 2.45) is 0 Å². The van der Waals surface area contributed by atoms with Gasteiger partial charge in [-0.25, -0.2) is 4.98 Å². The molecule has 0 atom stereocenters. The Kier molecular flexibility index (Phi) is 7.60. The fraction of sp³-hybridized carbons (Fsp3) is 0.500. The molecule has 5 rings (SSSR count). The van der Waals surface area contributed by atoms with Crippen molar-refractivity contribution in [2.75, 3.05) is 19.8 Å². The quantitative estimate of drug-likeness (QED) is 0.351. The average molecular weight is 504 g/mol. The van der Waals surface area contributed by atoms with Crippen LogP contribution in [0, 0.1) is 0 Å². The van der Waals surface area contributed by atoms with Gasteiger partial charge in [0.15, 0.2) is 5.69 Å². The Morgan fingerprint density at radius 3 is 2.59 bits per heavy atom. The molecule has 2 aliphatic rings. The minimum absolute atomic E-state index is 0.0522. The summed E-state index contributed by atoms with van der Waals surface area (Å²) < 4.78 is 5.87. The molecule has 2 aliphatic carbocycles. The third-order valence-electron chi connectivity index (χ3n) is 7.85. The lowest BCUT2D eigenvalue weighted by molar-refractivity contribution is 0.0694. The predicted molar refractivity (Wildman–Crippen MR) is 143 cm³/mol. The first-order valence-electron chi connectivity index (χ1n) is 13.7. The second-order valence-electron chi connectivity index (χ2n) is 10.5. The topological polar surface area (TPSA) is 95.8 Å². The van der Waals surface area contributed by atoms with E-state index in [-0.39, 0.29) is 47.8 Å². The molecule has 7 heteroatoms. The van der Waals surface area contributed by atoms with Crippen molar-refractivity contribution in [3.8, 4) is 11.6 Å². The van der Waals surface area contributed by atoms with E-state index in [4.69, 9.17) is 9.72 Å². The number of nitrogens with zero attached hydrogens (tertiary/aromatic N) is 3. The Labute approximate surface area is 218 Å². The number of ether oxygens (including phenoxy) is 1. The lowest BCUT2D eigenvalue weighted by atomic mass is 9.74. The van der Waals surface area contributed by atoms with Crippen LogP contribution in [-0.4, -0.2) is 56.8 Å². The Balaban J connectivity index is 1.55. The SMILES string of the molecule is CCCCOc1c(O)nc(CC2(c3cccc4ccccc34)CCCC2)nc1C(=O)N(CCO)C1CC1. The molecular formula is C30H37N3O4. The van der Waals surface area contributed by atoms with Crippen LogP contribution in [0.4, 0.5) is 0 Å².